The molecule has 0 spiro atoms. The fraction of sp³-hybridized carbons (Fsp3) is 0.278. The minimum atomic E-state index is -0.208. The lowest BCUT2D eigenvalue weighted by molar-refractivity contribution is 0.173. The number of urea groups is 1. The molecular formula is C18H20N2O2. The van der Waals surface area contributed by atoms with Gasteiger partial charge in [-0.1, -0.05) is 30.3 Å². The van der Waals surface area contributed by atoms with Gasteiger partial charge in [0.2, 0.25) is 0 Å². The molecule has 1 aliphatic carbocycles. The topological polar surface area (TPSA) is 50.4 Å². The van der Waals surface area contributed by atoms with Gasteiger partial charge in [-0.25, -0.2) is 4.79 Å². The molecule has 2 N–H and O–H groups in total. The summed E-state index contributed by atoms with van der Waals surface area (Å²) in [6.07, 6.45) is 0.919. The van der Waals surface area contributed by atoms with Gasteiger partial charge in [0, 0.05) is 12.8 Å². The summed E-state index contributed by atoms with van der Waals surface area (Å²) in [4.78, 5) is 11.9. The Labute approximate surface area is 130 Å². The van der Waals surface area contributed by atoms with Crippen LogP contribution in [0.15, 0.2) is 42.5 Å². The summed E-state index contributed by atoms with van der Waals surface area (Å²) in [5.41, 5.74) is 5.96. The Balaban J connectivity index is 1.71. The Bertz CT molecular complexity index is 697. The first-order valence-electron chi connectivity index (χ1n) is 7.45. The van der Waals surface area contributed by atoms with Gasteiger partial charge in [0.05, 0.1) is 12.6 Å². The standard InChI is InChI=1S/C18H20N2O2/c1-12(11-22-2)19-18(21)20-15-7-8-17-14(10-15)9-13-5-3-4-6-16(13)17/h3-8,10,12H,9,11H2,1-2H3,(H2,19,20,21). The second-order valence-electron chi connectivity index (χ2n) is 5.66. The molecule has 1 unspecified atom stereocenters. The van der Waals surface area contributed by atoms with Gasteiger partial charge >= 0.3 is 6.03 Å². The first-order chi connectivity index (χ1) is 10.7. The Hall–Kier alpha value is -2.33. The van der Waals surface area contributed by atoms with Crippen molar-refractivity contribution in [1.82, 2.24) is 5.32 Å². The number of methoxy groups -OCH3 is 1. The van der Waals surface area contributed by atoms with Gasteiger partial charge < -0.3 is 15.4 Å². The molecule has 0 aliphatic heterocycles. The third kappa shape index (κ3) is 2.97. The van der Waals surface area contributed by atoms with Crippen LogP contribution in [-0.2, 0) is 11.2 Å². The van der Waals surface area contributed by atoms with Crippen molar-refractivity contribution in [2.24, 2.45) is 0 Å². The van der Waals surface area contributed by atoms with Gasteiger partial charge in [-0.05, 0) is 47.7 Å². The molecule has 0 saturated heterocycles. The van der Waals surface area contributed by atoms with E-state index in [1.54, 1.807) is 7.11 Å². The number of hydrogen-bond acceptors (Lipinski definition) is 2. The largest absolute Gasteiger partial charge is 0.383 e. The molecule has 3 rings (SSSR count). The summed E-state index contributed by atoms with van der Waals surface area (Å²) < 4.78 is 5.01. The normalized spacial score (nSPS) is 13.2. The predicted molar refractivity (Wildman–Crippen MR) is 88.2 cm³/mol. The third-order valence-corrected chi connectivity index (χ3v) is 3.85. The summed E-state index contributed by atoms with van der Waals surface area (Å²) in [6.45, 7) is 2.40. The van der Waals surface area contributed by atoms with Crippen molar-refractivity contribution in [2.45, 2.75) is 19.4 Å². The van der Waals surface area contributed by atoms with Crippen molar-refractivity contribution in [3.05, 3.63) is 53.6 Å². The number of carbonyl (C=O) groups excluding carboxylic acids is 1. The summed E-state index contributed by atoms with van der Waals surface area (Å²) in [7, 11) is 1.62. The van der Waals surface area contributed by atoms with Crippen LogP contribution < -0.4 is 10.6 Å². The van der Waals surface area contributed by atoms with Crippen molar-refractivity contribution < 1.29 is 9.53 Å². The van der Waals surface area contributed by atoms with Gasteiger partial charge in [0.1, 0.15) is 0 Å². The van der Waals surface area contributed by atoms with Crippen molar-refractivity contribution in [3.8, 4) is 11.1 Å². The van der Waals surface area contributed by atoms with E-state index in [9.17, 15) is 4.79 Å². The highest BCUT2D eigenvalue weighted by Crippen LogP contribution is 2.37. The molecule has 2 aromatic rings. The van der Waals surface area contributed by atoms with Gasteiger partial charge in [-0.2, -0.15) is 0 Å². The fourth-order valence-electron chi connectivity index (χ4n) is 2.91. The van der Waals surface area contributed by atoms with Crippen molar-refractivity contribution in [2.75, 3.05) is 19.0 Å². The van der Waals surface area contributed by atoms with Crippen LogP contribution >= 0.6 is 0 Å². The predicted octanol–water partition coefficient (Wildman–Crippen LogP) is 3.41. The van der Waals surface area contributed by atoms with Crippen LogP contribution in [0.5, 0.6) is 0 Å². The molecule has 0 aromatic heterocycles. The second-order valence-corrected chi connectivity index (χ2v) is 5.66. The van der Waals surface area contributed by atoms with E-state index in [-0.39, 0.29) is 12.1 Å². The number of carbonyl (C=O) groups is 1. The lowest BCUT2D eigenvalue weighted by atomic mass is 10.1. The summed E-state index contributed by atoms with van der Waals surface area (Å²) in [6, 6.07) is 14.3. The van der Waals surface area contributed by atoms with E-state index in [1.165, 1.54) is 22.3 Å². The SMILES string of the molecule is COCC(C)NC(=O)Nc1ccc2c(c1)Cc1ccccc1-2. The van der Waals surface area contributed by atoms with Crippen LogP contribution in [0.3, 0.4) is 0 Å². The average molecular weight is 296 g/mol. The van der Waals surface area contributed by atoms with Crippen molar-refractivity contribution >= 4 is 11.7 Å². The van der Waals surface area contributed by atoms with E-state index >= 15 is 0 Å². The zero-order valence-corrected chi connectivity index (χ0v) is 12.8. The number of amides is 2. The molecular weight excluding hydrogens is 276 g/mol. The van der Waals surface area contributed by atoms with Crippen LogP contribution in [0, 0.1) is 0 Å². The first-order valence-corrected chi connectivity index (χ1v) is 7.45. The van der Waals surface area contributed by atoms with E-state index in [1.807, 2.05) is 13.0 Å². The summed E-state index contributed by atoms with van der Waals surface area (Å²) >= 11 is 0. The molecule has 0 bridgehead atoms. The van der Waals surface area contributed by atoms with Crippen molar-refractivity contribution in [3.63, 3.8) is 0 Å². The van der Waals surface area contributed by atoms with Gasteiger partial charge in [-0.15, -0.1) is 0 Å². The smallest absolute Gasteiger partial charge is 0.319 e. The molecule has 2 amide bonds. The number of fused-ring (bicyclic) bond motifs is 3. The molecule has 0 heterocycles. The molecule has 114 valence electrons. The number of anilines is 1. The van der Waals surface area contributed by atoms with Gasteiger partial charge in [0.15, 0.2) is 0 Å². The van der Waals surface area contributed by atoms with Crippen LogP contribution in [0.4, 0.5) is 10.5 Å². The van der Waals surface area contributed by atoms with Crippen molar-refractivity contribution in [1.29, 1.82) is 0 Å². The maximum absolute atomic E-state index is 11.9. The highest BCUT2D eigenvalue weighted by Gasteiger charge is 2.18. The summed E-state index contributed by atoms with van der Waals surface area (Å²) in [5.74, 6) is 0. The molecule has 0 saturated carbocycles. The molecule has 4 nitrogen and oxygen atoms in total. The molecule has 2 aromatic carbocycles. The Morgan fingerprint density at radius 2 is 1.95 bits per heavy atom. The molecule has 0 fully saturated rings. The Kier molecular flexibility index (Phi) is 4.11. The summed E-state index contributed by atoms with van der Waals surface area (Å²) in [5, 5.41) is 5.72. The van der Waals surface area contributed by atoms with E-state index in [0.29, 0.717) is 6.61 Å². The molecule has 22 heavy (non-hydrogen) atoms. The number of rotatable bonds is 4. The lowest BCUT2D eigenvalue weighted by Crippen LogP contribution is -2.38. The number of nitrogens with one attached hydrogen (secondary N) is 2. The van der Waals surface area contributed by atoms with E-state index in [2.05, 4.69) is 47.0 Å². The quantitative estimate of drug-likeness (QED) is 0.775. The number of benzene rings is 2. The number of ether oxygens (including phenoxy) is 1. The molecule has 1 atom stereocenters. The maximum Gasteiger partial charge on any atom is 0.319 e. The van der Waals surface area contributed by atoms with Crippen LogP contribution in [0.25, 0.3) is 11.1 Å². The highest BCUT2D eigenvalue weighted by atomic mass is 16.5. The highest BCUT2D eigenvalue weighted by molar-refractivity contribution is 5.90. The van der Waals surface area contributed by atoms with Crippen LogP contribution in [-0.4, -0.2) is 25.8 Å². The lowest BCUT2D eigenvalue weighted by Gasteiger charge is -2.14. The minimum absolute atomic E-state index is 0.0244. The Morgan fingerprint density at radius 3 is 2.77 bits per heavy atom. The average Bonchev–Trinajstić information content (AvgIpc) is 2.84. The zero-order valence-electron chi connectivity index (χ0n) is 12.8. The van der Waals surface area contributed by atoms with Gasteiger partial charge in [-0.3, -0.25) is 0 Å². The van der Waals surface area contributed by atoms with Gasteiger partial charge in [0.25, 0.3) is 0 Å². The maximum atomic E-state index is 11.9. The van der Waals surface area contributed by atoms with Crippen LogP contribution in [0.1, 0.15) is 18.1 Å². The van der Waals surface area contributed by atoms with E-state index in [4.69, 9.17) is 4.74 Å². The second kappa shape index (κ2) is 6.20. The molecule has 0 radical (unpaired) electrons. The number of hydrogen-bond donors (Lipinski definition) is 2. The first kappa shape index (κ1) is 14.6. The fourth-order valence-corrected chi connectivity index (χ4v) is 2.91. The third-order valence-electron chi connectivity index (χ3n) is 3.85. The molecule has 4 heteroatoms. The van der Waals surface area contributed by atoms with E-state index < -0.39 is 0 Å². The zero-order chi connectivity index (χ0) is 15.5. The van der Waals surface area contributed by atoms with Crippen LogP contribution in [0.2, 0.25) is 0 Å². The Morgan fingerprint density at radius 1 is 1.18 bits per heavy atom. The molecule has 1 aliphatic rings. The van der Waals surface area contributed by atoms with E-state index in [0.717, 1.165) is 12.1 Å². The monoisotopic (exact) mass is 296 g/mol. The minimum Gasteiger partial charge on any atom is -0.383 e.